The van der Waals surface area contributed by atoms with Gasteiger partial charge >= 0.3 is 0 Å². The zero-order valence-electron chi connectivity index (χ0n) is 14.6. The van der Waals surface area contributed by atoms with Crippen molar-refractivity contribution in [2.24, 2.45) is 0 Å². The van der Waals surface area contributed by atoms with E-state index < -0.39 is 9.84 Å². The number of hydrogen-bond acceptors (Lipinski definition) is 6. The van der Waals surface area contributed by atoms with Gasteiger partial charge < -0.3 is 9.80 Å². The number of sulfone groups is 1. The summed E-state index contributed by atoms with van der Waals surface area (Å²) >= 11 is 0. The van der Waals surface area contributed by atoms with Crippen LogP contribution in [-0.4, -0.2) is 56.1 Å². The van der Waals surface area contributed by atoms with Crippen LogP contribution in [0.3, 0.4) is 0 Å². The Balaban J connectivity index is 2.25. The molecule has 1 aliphatic heterocycles. The van der Waals surface area contributed by atoms with Gasteiger partial charge in [0.05, 0.1) is 11.5 Å². The Hall–Kier alpha value is -1.37. The first kappa shape index (κ1) is 18.0. The Kier molecular flexibility index (Phi) is 5.84. The molecule has 0 bridgehead atoms. The molecule has 1 fully saturated rings. The standard InChI is InChI=1S/C16H28N4O2S/c1-5-7-9-19(4)16-17-13(3)11-15(18-16)20(6-2)14-8-10-23(21,22)12-14/h11,14H,5-10,12H2,1-4H3. The number of hydrogen-bond donors (Lipinski definition) is 0. The van der Waals surface area contributed by atoms with Gasteiger partial charge in [-0.05, 0) is 26.7 Å². The maximum absolute atomic E-state index is 11.8. The van der Waals surface area contributed by atoms with Crippen LogP contribution >= 0.6 is 0 Å². The summed E-state index contributed by atoms with van der Waals surface area (Å²) in [5.41, 5.74) is 0.910. The van der Waals surface area contributed by atoms with Crippen molar-refractivity contribution < 1.29 is 8.42 Å². The van der Waals surface area contributed by atoms with E-state index in [1.807, 2.05) is 27.0 Å². The predicted molar refractivity (Wildman–Crippen MR) is 95.0 cm³/mol. The van der Waals surface area contributed by atoms with E-state index in [1.54, 1.807) is 0 Å². The van der Waals surface area contributed by atoms with Crippen molar-refractivity contribution in [3.8, 4) is 0 Å². The van der Waals surface area contributed by atoms with Crippen molar-refractivity contribution in [3.05, 3.63) is 11.8 Å². The molecule has 0 N–H and O–H groups in total. The normalized spacial score (nSPS) is 19.7. The molecule has 0 spiro atoms. The van der Waals surface area contributed by atoms with Crippen molar-refractivity contribution in [2.75, 3.05) is 41.4 Å². The first-order valence-corrected chi connectivity index (χ1v) is 10.2. The second-order valence-electron chi connectivity index (χ2n) is 6.29. The topological polar surface area (TPSA) is 66.4 Å². The van der Waals surface area contributed by atoms with Crippen LogP contribution in [0.4, 0.5) is 11.8 Å². The van der Waals surface area contributed by atoms with Crippen LogP contribution in [0.15, 0.2) is 6.07 Å². The quantitative estimate of drug-likeness (QED) is 0.757. The van der Waals surface area contributed by atoms with Gasteiger partial charge in [-0.2, -0.15) is 4.98 Å². The molecule has 1 aliphatic rings. The third-order valence-corrected chi connectivity index (χ3v) is 6.05. The molecule has 0 aliphatic carbocycles. The minimum Gasteiger partial charge on any atom is -0.353 e. The Labute approximate surface area is 139 Å². The highest BCUT2D eigenvalue weighted by Gasteiger charge is 2.32. The number of aryl methyl sites for hydroxylation is 1. The number of nitrogens with zero attached hydrogens (tertiary/aromatic N) is 4. The molecular formula is C16H28N4O2S. The summed E-state index contributed by atoms with van der Waals surface area (Å²) in [6, 6.07) is 1.97. The molecule has 2 heterocycles. The van der Waals surface area contributed by atoms with E-state index in [9.17, 15) is 8.42 Å². The van der Waals surface area contributed by atoms with Gasteiger partial charge in [-0.15, -0.1) is 0 Å². The van der Waals surface area contributed by atoms with Gasteiger partial charge in [0, 0.05) is 37.9 Å². The van der Waals surface area contributed by atoms with Crippen molar-refractivity contribution in [2.45, 2.75) is 46.1 Å². The highest BCUT2D eigenvalue weighted by atomic mass is 32.2. The molecule has 0 radical (unpaired) electrons. The highest BCUT2D eigenvalue weighted by Crippen LogP contribution is 2.24. The number of aromatic nitrogens is 2. The fraction of sp³-hybridized carbons (Fsp3) is 0.750. The molecule has 1 saturated heterocycles. The fourth-order valence-corrected chi connectivity index (χ4v) is 4.71. The molecule has 130 valence electrons. The minimum absolute atomic E-state index is 0.0214. The van der Waals surface area contributed by atoms with Gasteiger partial charge in [0.15, 0.2) is 9.84 Å². The molecule has 7 heteroatoms. The second-order valence-corrected chi connectivity index (χ2v) is 8.51. The Bertz CT molecular complexity index is 633. The largest absolute Gasteiger partial charge is 0.353 e. The van der Waals surface area contributed by atoms with Crippen LogP contribution in [0.25, 0.3) is 0 Å². The summed E-state index contributed by atoms with van der Waals surface area (Å²) in [5, 5.41) is 0. The van der Waals surface area contributed by atoms with Gasteiger partial charge in [0.1, 0.15) is 5.82 Å². The molecular weight excluding hydrogens is 312 g/mol. The SMILES string of the molecule is CCCCN(C)c1nc(C)cc(N(CC)C2CCS(=O)(=O)C2)n1. The summed E-state index contributed by atoms with van der Waals surface area (Å²) in [4.78, 5) is 13.4. The maximum Gasteiger partial charge on any atom is 0.227 e. The fourth-order valence-electron chi connectivity index (χ4n) is 2.98. The smallest absolute Gasteiger partial charge is 0.227 e. The van der Waals surface area contributed by atoms with Crippen LogP contribution in [-0.2, 0) is 9.84 Å². The van der Waals surface area contributed by atoms with Crippen molar-refractivity contribution in [1.82, 2.24) is 9.97 Å². The number of rotatable bonds is 7. The molecule has 0 saturated carbocycles. The van der Waals surface area contributed by atoms with E-state index in [0.717, 1.165) is 37.4 Å². The van der Waals surface area contributed by atoms with Crippen molar-refractivity contribution in [3.63, 3.8) is 0 Å². The second kappa shape index (κ2) is 7.47. The molecule has 1 aromatic heterocycles. The van der Waals surface area contributed by atoms with E-state index in [2.05, 4.69) is 21.7 Å². The number of anilines is 2. The van der Waals surface area contributed by atoms with Crippen LogP contribution in [0, 0.1) is 6.92 Å². The first-order valence-electron chi connectivity index (χ1n) is 8.40. The summed E-state index contributed by atoms with van der Waals surface area (Å²) < 4.78 is 23.6. The van der Waals surface area contributed by atoms with Crippen LogP contribution < -0.4 is 9.80 Å². The van der Waals surface area contributed by atoms with E-state index in [-0.39, 0.29) is 17.5 Å². The highest BCUT2D eigenvalue weighted by molar-refractivity contribution is 7.91. The van der Waals surface area contributed by atoms with E-state index in [1.165, 1.54) is 0 Å². The first-order chi connectivity index (χ1) is 10.9. The maximum atomic E-state index is 11.8. The lowest BCUT2D eigenvalue weighted by molar-refractivity contribution is 0.599. The van der Waals surface area contributed by atoms with Gasteiger partial charge in [0.25, 0.3) is 0 Å². The monoisotopic (exact) mass is 340 g/mol. The molecule has 1 unspecified atom stereocenters. The summed E-state index contributed by atoms with van der Waals surface area (Å²) in [6.07, 6.45) is 2.91. The molecule has 1 aromatic rings. The third kappa shape index (κ3) is 4.56. The van der Waals surface area contributed by atoms with Crippen LogP contribution in [0.5, 0.6) is 0 Å². The summed E-state index contributed by atoms with van der Waals surface area (Å²) in [5.74, 6) is 2.06. The van der Waals surface area contributed by atoms with Crippen molar-refractivity contribution >= 4 is 21.6 Å². The zero-order chi connectivity index (χ0) is 17.0. The number of unbranched alkanes of at least 4 members (excludes halogenated alkanes) is 1. The molecule has 0 amide bonds. The average molecular weight is 340 g/mol. The minimum atomic E-state index is -2.90. The van der Waals surface area contributed by atoms with Crippen LogP contribution in [0.1, 0.15) is 38.8 Å². The Morgan fingerprint density at radius 3 is 2.61 bits per heavy atom. The molecule has 2 rings (SSSR count). The van der Waals surface area contributed by atoms with Crippen molar-refractivity contribution in [1.29, 1.82) is 0 Å². The molecule has 23 heavy (non-hydrogen) atoms. The van der Waals surface area contributed by atoms with Crippen LogP contribution in [0.2, 0.25) is 0 Å². The molecule has 6 nitrogen and oxygen atoms in total. The molecule has 0 aromatic carbocycles. The Morgan fingerprint density at radius 1 is 1.30 bits per heavy atom. The van der Waals surface area contributed by atoms with Gasteiger partial charge in [-0.25, -0.2) is 13.4 Å². The zero-order valence-corrected chi connectivity index (χ0v) is 15.4. The van der Waals surface area contributed by atoms with E-state index in [0.29, 0.717) is 12.4 Å². The predicted octanol–water partition coefficient (Wildman–Crippen LogP) is 2.03. The lowest BCUT2D eigenvalue weighted by atomic mass is 10.2. The lowest BCUT2D eigenvalue weighted by Crippen LogP contribution is -2.37. The summed E-state index contributed by atoms with van der Waals surface area (Å²) in [6.45, 7) is 7.83. The van der Waals surface area contributed by atoms with Gasteiger partial charge in [-0.3, -0.25) is 0 Å². The van der Waals surface area contributed by atoms with Gasteiger partial charge in [0.2, 0.25) is 5.95 Å². The molecule has 1 atom stereocenters. The van der Waals surface area contributed by atoms with Gasteiger partial charge in [-0.1, -0.05) is 13.3 Å². The lowest BCUT2D eigenvalue weighted by Gasteiger charge is -2.29. The van der Waals surface area contributed by atoms with E-state index in [4.69, 9.17) is 4.98 Å². The average Bonchev–Trinajstić information content (AvgIpc) is 2.85. The Morgan fingerprint density at radius 2 is 2.04 bits per heavy atom. The van der Waals surface area contributed by atoms with E-state index >= 15 is 0 Å². The third-order valence-electron chi connectivity index (χ3n) is 4.30. The summed E-state index contributed by atoms with van der Waals surface area (Å²) in [7, 11) is -0.898.